The summed E-state index contributed by atoms with van der Waals surface area (Å²) in [5.41, 5.74) is 0. The van der Waals surface area contributed by atoms with Crippen molar-refractivity contribution in [3.63, 3.8) is 0 Å². The van der Waals surface area contributed by atoms with E-state index in [4.69, 9.17) is 26.2 Å². The lowest BCUT2D eigenvalue weighted by Crippen LogP contribution is -2.12. The molecular weight excluding hydrogens is 290 g/mol. The highest BCUT2D eigenvalue weighted by Crippen LogP contribution is 2.26. The smallest absolute Gasteiger partial charge is 0.238 e. The van der Waals surface area contributed by atoms with Crippen molar-refractivity contribution in [2.45, 2.75) is 24.7 Å². The molecule has 5 nitrogen and oxygen atoms in total. The van der Waals surface area contributed by atoms with Crippen molar-refractivity contribution < 1.29 is 17.9 Å². The van der Waals surface area contributed by atoms with E-state index in [0.717, 1.165) is 12.8 Å². The molecule has 0 bridgehead atoms. The first-order chi connectivity index (χ1) is 8.95. The van der Waals surface area contributed by atoms with Gasteiger partial charge in [0.1, 0.15) is 12.4 Å². The van der Waals surface area contributed by atoms with E-state index in [2.05, 4.69) is 6.92 Å². The molecule has 1 aromatic rings. The number of sulfonamides is 1. The minimum Gasteiger partial charge on any atom is -0.490 e. The molecular formula is C12H18ClNO4S. The average molecular weight is 308 g/mol. The molecule has 0 fully saturated rings. The van der Waals surface area contributed by atoms with Gasteiger partial charge in [0, 0.05) is 6.61 Å². The van der Waals surface area contributed by atoms with Gasteiger partial charge in [-0.05, 0) is 24.6 Å². The molecule has 7 heteroatoms. The predicted octanol–water partition coefficient (Wildman–Crippen LogP) is 2.18. The Bertz CT molecular complexity index is 504. The van der Waals surface area contributed by atoms with Crippen molar-refractivity contribution >= 4 is 21.6 Å². The van der Waals surface area contributed by atoms with Crippen molar-refractivity contribution in [1.82, 2.24) is 0 Å². The van der Waals surface area contributed by atoms with Crippen LogP contribution < -0.4 is 9.88 Å². The maximum atomic E-state index is 11.1. The van der Waals surface area contributed by atoms with Crippen LogP contribution in [0, 0.1) is 0 Å². The molecule has 0 aliphatic carbocycles. The molecule has 0 saturated heterocycles. The van der Waals surface area contributed by atoms with Crippen LogP contribution in [0.3, 0.4) is 0 Å². The summed E-state index contributed by atoms with van der Waals surface area (Å²) in [4.78, 5) is -0.0379. The quantitative estimate of drug-likeness (QED) is 0.747. The molecule has 0 unspecified atom stereocenters. The van der Waals surface area contributed by atoms with Gasteiger partial charge >= 0.3 is 0 Å². The summed E-state index contributed by atoms with van der Waals surface area (Å²) in [6.07, 6.45) is 2.10. The first-order valence-electron chi connectivity index (χ1n) is 5.98. The number of primary sulfonamides is 1. The van der Waals surface area contributed by atoms with Crippen LogP contribution in [0.2, 0.25) is 5.02 Å². The van der Waals surface area contributed by atoms with E-state index in [1.807, 2.05) is 0 Å². The van der Waals surface area contributed by atoms with Crippen molar-refractivity contribution in [3.8, 4) is 5.75 Å². The molecule has 0 heterocycles. The van der Waals surface area contributed by atoms with Crippen LogP contribution in [0.1, 0.15) is 19.8 Å². The zero-order chi connectivity index (χ0) is 14.3. The van der Waals surface area contributed by atoms with Crippen LogP contribution in [0.25, 0.3) is 0 Å². The number of nitrogens with two attached hydrogens (primary N) is 1. The second-order valence-electron chi connectivity index (χ2n) is 3.95. The van der Waals surface area contributed by atoms with E-state index >= 15 is 0 Å². The summed E-state index contributed by atoms with van der Waals surface area (Å²) in [6, 6.07) is 4.10. The van der Waals surface area contributed by atoms with Crippen LogP contribution in [0.15, 0.2) is 23.1 Å². The van der Waals surface area contributed by atoms with Gasteiger partial charge in [-0.25, -0.2) is 13.6 Å². The summed E-state index contributed by atoms with van der Waals surface area (Å²) < 4.78 is 33.0. The first kappa shape index (κ1) is 16.2. The molecule has 0 aliphatic heterocycles. The topological polar surface area (TPSA) is 78.6 Å². The van der Waals surface area contributed by atoms with Crippen LogP contribution in [-0.4, -0.2) is 28.2 Å². The van der Waals surface area contributed by atoms with Gasteiger partial charge in [-0.3, -0.25) is 0 Å². The third kappa shape index (κ3) is 5.78. The molecule has 0 spiro atoms. The Morgan fingerprint density at radius 2 is 2.00 bits per heavy atom. The third-order valence-electron chi connectivity index (χ3n) is 2.36. The van der Waals surface area contributed by atoms with E-state index in [0.29, 0.717) is 25.6 Å². The third-order valence-corrected chi connectivity index (χ3v) is 3.57. The van der Waals surface area contributed by atoms with E-state index in [9.17, 15) is 8.42 Å². The summed E-state index contributed by atoms with van der Waals surface area (Å²) in [5.74, 6) is 0.410. The molecule has 0 aliphatic rings. The lowest BCUT2D eigenvalue weighted by molar-refractivity contribution is 0.0981. The van der Waals surface area contributed by atoms with E-state index in [1.54, 1.807) is 0 Å². The first-order valence-corrected chi connectivity index (χ1v) is 7.90. The Kier molecular flexibility index (Phi) is 6.57. The van der Waals surface area contributed by atoms with Crippen LogP contribution in [0.4, 0.5) is 0 Å². The average Bonchev–Trinajstić information content (AvgIpc) is 2.34. The van der Waals surface area contributed by atoms with Crippen LogP contribution in [-0.2, 0) is 14.8 Å². The van der Waals surface area contributed by atoms with Crippen molar-refractivity contribution in [2.24, 2.45) is 5.14 Å². The summed E-state index contributed by atoms with van der Waals surface area (Å²) in [7, 11) is -3.74. The minimum atomic E-state index is -3.74. The highest BCUT2D eigenvalue weighted by molar-refractivity contribution is 7.89. The molecule has 0 amide bonds. The molecule has 0 radical (unpaired) electrons. The van der Waals surface area contributed by atoms with Crippen molar-refractivity contribution in [2.75, 3.05) is 19.8 Å². The predicted molar refractivity (Wildman–Crippen MR) is 74.0 cm³/mol. The van der Waals surface area contributed by atoms with Crippen molar-refractivity contribution in [1.29, 1.82) is 0 Å². The fraction of sp³-hybridized carbons (Fsp3) is 0.500. The Morgan fingerprint density at radius 1 is 1.26 bits per heavy atom. The highest BCUT2D eigenvalue weighted by Gasteiger charge is 2.11. The van der Waals surface area contributed by atoms with E-state index in [-0.39, 0.29) is 9.92 Å². The molecule has 108 valence electrons. The number of hydrogen-bond acceptors (Lipinski definition) is 4. The Hall–Kier alpha value is -0.820. The molecule has 0 saturated carbocycles. The summed E-state index contributed by atoms with van der Waals surface area (Å²) in [5, 5.41) is 5.21. The van der Waals surface area contributed by atoms with Crippen molar-refractivity contribution in [3.05, 3.63) is 23.2 Å². The van der Waals surface area contributed by atoms with Gasteiger partial charge in [0.05, 0.1) is 16.5 Å². The van der Waals surface area contributed by atoms with Gasteiger partial charge in [0.2, 0.25) is 10.0 Å². The number of rotatable bonds is 8. The maximum absolute atomic E-state index is 11.1. The van der Waals surface area contributed by atoms with Gasteiger partial charge in [-0.15, -0.1) is 0 Å². The largest absolute Gasteiger partial charge is 0.490 e. The molecule has 2 N–H and O–H groups in total. The zero-order valence-electron chi connectivity index (χ0n) is 10.8. The molecule has 1 rings (SSSR count). The maximum Gasteiger partial charge on any atom is 0.238 e. The van der Waals surface area contributed by atoms with Gasteiger partial charge in [-0.2, -0.15) is 0 Å². The fourth-order valence-corrected chi connectivity index (χ4v) is 2.17. The summed E-state index contributed by atoms with van der Waals surface area (Å²) in [6.45, 7) is 3.62. The minimum absolute atomic E-state index is 0.0379. The number of ether oxygens (including phenoxy) is 2. The van der Waals surface area contributed by atoms with Gasteiger partial charge in [0.25, 0.3) is 0 Å². The standard InChI is InChI=1S/C12H18ClNO4S/c1-2-3-6-17-7-8-18-12-5-4-10(9-11(12)13)19(14,15)16/h4-5,9H,2-3,6-8H2,1H3,(H2,14,15,16). The Labute approximate surface area is 118 Å². The van der Waals surface area contributed by atoms with E-state index in [1.165, 1.54) is 18.2 Å². The SMILES string of the molecule is CCCCOCCOc1ccc(S(N)(=O)=O)cc1Cl. The monoisotopic (exact) mass is 307 g/mol. The van der Waals surface area contributed by atoms with Gasteiger partial charge in [-0.1, -0.05) is 24.9 Å². The molecule has 0 aromatic heterocycles. The number of halogens is 1. The highest BCUT2D eigenvalue weighted by atomic mass is 35.5. The zero-order valence-corrected chi connectivity index (χ0v) is 12.3. The van der Waals surface area contributed by atoms with E-state index < -0.39 is 10.0 Å². The van der Waals surface area contributed by atoms with Crippen LogP contribution >= 0.6 is 11.6 Å². The number of hydrogen-bond donors (Lipinski definition) is 1. The van der Waals surface area contributed by atoms with Crippen LogP contribution in [0.5, 0.6) is 5.75 Å². The van der Waals surface area contributed by atoms with Gasteiger partial charge < -0.3 is 9.47 Å². The Morgan fingerprint density at radius 3 is 2.58 bits per heavy atom. The number of unbranched alkanes of at least 4 members (excludes halogenated alkanes) is 1. The molecule has 19 heavy (non-hydrogen) atoms. The van der Waals surface area contributed by atoms with Gasteiger partial charge in [0.15, 0.2) is 0 Å². The normalized spacial score (nSPS) is 11.5. The summed E-state index contributed by atoms with van der Waals surface area (Å²) >= 11 is 5.91. The molecule has 0 atom stereocenters. The lowest BCUT2D eigenvalue weighted by atomic mass is 10.3. The second kappa shape index (κ2) is 7.69. The fourth-order valence-electron chi connectivity index (χ4n) is 1.33. The second-order valence-corrected chi connectivity index (χ2v) is 5.92. The lowest BCUT2D eigenvalue weighted by Gasteiger charge is -2.09. The molecule has 1 aromatic carbocycles. The Balaban J connectivity index is 2.47. The number of benzene rings is 1.